The molecular formula is C21H27N5O2. The highest BCUT2D eigenvalue weighted by molar-refractivity contribution is 5.94. The summed E-state index contributed by atoms with van der Waals surface area (Å²) in [6.07, 6.45) is 2.14. The van der Waals surface area contributed by atoms with E-state index in [9.17, 15) is 9.59 Å². The average Bonchev–Trinajstić information content (AvgIpc) is 2.73. The minimum Gasteiger partial charge on any atom is -0.334 e. The Labute approximate surface area is 165 Å². The Balaban J connectivity index is 1.29. The second-order valence-corrected chi connectivity index (χ2v) is 6.91. The Hall–Kier alpha value is -2.77. The summed E-state index contributed by atoms with van der Waals surface area (Å²) in [6.45, 7) is 5.66. The number of rotatable bonds is 7. The molecule has 0 aliphatic carbocycles. The normalized spacial score (nSPS) is 15.1. The van der Waals surface area contributed by atoms with E-state index in [0.29, 0.717) is 19.5 Å². The van der Waals surface area contributed by atoms with Gasteiger partial charge in [0.2, 0.25) is 5.91 Å². The first-order valence-corrected chi connectivity index (χ1v) is 9.65. The standard InChI is InChI=1S/C21H27N5O2/c27-20(24-21(28)23-16-18-6-2-1-3-7-18)9-11-25-12-14-26(15-13-25)17-19-8-4-5-10-22-19/h1-8,10H,9,11-17H2,(H2,23,24,27,28). The fraction of sp³-hybridized carbons (Fsp3) is 0.381. The van der Waals surface area contributed by atoms with Crippen LogP contribution in [0.25, 0.3) is 0 Å². The molecule has 2 heterocycles. The molecule has 7 heteroatoms. The van der Waals surface area contributed by atoms with E-state index in [0.717, 1.165) is 44.0 Å². The van der Waals surface area contributed by atoms with Crippen LogP contribution in [-0.2, 0) is 17.9 Å². The molecule has 2 N–H and O–H groups in total. The molecule has 0 unspecified atom stereocenters. The second kappa shape index (κ2) is 10.5. The predicted octanol–water partition coefficient (Wildman–Crippen LogP) is 1.62. The van der Waals surface area contributed by atoms with Crippen LogP contribution in [-0.4, -0.2) is 59.4 Å². The number of aromatic nitrogens is 1. The number of hydrogen-bond donors (Lipinski definition) is 2. The Bertz CT molecular complexity index is 746. The van der Waals surface area contributed by atoms with Gasteiger partial charge in [-0.1, -0.05) is 36.4 Å². The van der Waals surface area contributed by atoms with Crippen LogP contribution in [0.3, 0.4) is 0 Å². The molecule has 3 rings (SSSR count). The van der Waals surface area contributed by atoms with Gasteiger partial charge >= 0.3 is 6.03 Å². The fourth-order valence-corrected chi connectivity index (χ4v) is 3.16. The first kappa shape index (κ1) is 20.0. The van der Waals surface area contributed by atoms with Crippen LogP contribution in [0.5, 0.6) is 0 Å². The van der Waals surface area contributed by atoms with E-state index in [2.05, 4.69) is 25.4 Å². The predicted molar refractivity (Wildman–Crippen MR) is 107 cm³/mol. The average molecular weight is 381 g/mol. The van der Waals surface area contributed by atoms with Gasteiger partial charge in [0, 0.05) is 58.4 Å². The van der Waals surface area contributed by atoms with Crippen molar-refractivity contribution >= 4 is 11.9 Å². The molecule has 1 aromatic heterocycles. The molecule has 2 aromatic rings. The van der Waals surface area contributed by atoms with E-state index in [4.69, 9.17) is 0 Å². The van der Waals surface area contributed by atoms with Crippen molar-refractivity contribution in [3.8, 4) is 0 Å². The number of carbonyl (C=O) groups excluding carboxylic acids is 2. The number of piperazine rings is 1. The first-order valence-electron chi connectivity index (χ1n) is 9.65. The maximum Gasteiger partial charge on any atom is 0.321 e. The second-order valence-electron chi connectivity index (χ2n) is 6.91. The van der Waals surface area contributed by atoms with Crippen molar-refractivity contribution in [3.63, 3.8) is 0 Å². The number of nitrogens with one attached hydrogen (secondary N) is 2. The third-order valence-corrected chi connectivity index (χ3v) is 4.78. The quantitative estimate of drug-likeness (QED) is 0.762. The van der Waals surface area contributed by atoms with Gasteiger partial charge in [-0.3, -0.25) is 20.0 Å². The molecule has 1 saturated heterocycles. The van der Waals surface area contributed by atoms with Crippen molar-refractivity contribution in [2.24, 2.45) is 0 Å². The lowest BCUT2D eigenvalue weighted by molar-refractivity contribution is -0.120. The summed E-state index contributed by atoms with van der Waals surface area (Å²) in [5.74, 6) is -0.249. The van der Waals surface area contributed by atoms with E-state index in [-0.39, 0.29) is 5.91 Å². The smallest absolute Gasteiger partial charge is 0.321 e. The molecule has 0 radical (unpaired) electrons. The lowest BCUT2D eigenvalue weighted by Crippen LogP contribution is -2.47. The molecule has 3 amide bonds. The Kier molecular flexibility index (Phi) is 7.52. The molecule has 1 aliphatic rings. The zero-order valence-corrected chi connectivity index (χ0v) is 16.0. The van der Waals surface area contributed by atoms with E-state index < -0.39 is 6.03 Å². The third kappa shape index (κ3) is 6.75. The lowest BCUT2D eigenvalue weighted by Gasteiger charge is -2.34. The van der Waals surface area contributed by atoms with Gasteiger partial charge in [0.05, 0.1) is 5.69 Å². The van der Waals surface area contributed by atoms with Crippen LogP contribution in [0.4, 0.5) is 4.79 Å². The van der Waals surface area contributed by atoms with E-state index in [1.807, 2.05) is 54.7 Å². The molecule has 1 aliphatic heterocycles. The molecule has 7 nitrogen and oxygen atoms in total. The molecule has 28 heavy (non-hydrogen) atoms. The fourth-order valence-electron chi connectivity index (χ4n) is 3.16. The van der Waals surface area contributed by atoms with Crippen LogP contribution in [0.15, 0.2) is 54.7 Å². The van der Waals surface area contributed by atoms with Gasteiger partial charge in [0.15, 0.2) is 0 Å². The van der Waals surface area contributed by atoms with Crippen LogP contribution >= 0.6 is 0 Å². The Morgan fingerprint density at radius 2 is 1.64 bits per heavy atom. The molecule has 0 spiro atoms. The SMILES string of the molecule is O=C(CCN1CCN(Cc2ccccn2)CC1)NC(=O)NCc1ccccc1. The van der Waals surface area contributed by atoms with E-state index >= 15 is 0 Å². The van der Waals surface area contributed by atoms with Crippen molar-refractivity contribution in [2.45, 2.75) is 19.5 Å². The topological polar surface area (TPSA) is 77.6 Å². The molecule has 0 atom stereocenters. The number of imide groups is 1. The van der Waals surface area contributed by atoms with Crippen molar-refractivity contribution in [3.05, 3.63) is 66.0 Å². The summed E-state index contributed by atoms with van der Waals surface area (Å²) in [6, 6.07) is 15.1. The van der Waals surface area contributed by atoms with Gasteiger partial charge in [0.25, 0.3) is 0 Å². The molecule has 0 saturated carbocycles. The van der Waals surface area contributed by atoms with E-state index in [1.54, 1.807) is 0 Å². The van der Waals surface area contributed by atoms with Gasteiger partial charge in [-0.2, -0.15) is 0 Å². The van der Waals surface area contributed by atoms with Gasteiger partial charge in [-0.25, -0.2) is 4.79 Å². The first-order chi connectivity index (χ1) is 13.7. The summed E-state index contributed by atoms with van der Waals surface area (Å²) in [5, 5.41) is 5.10. The molecule has 148 valence electrons. The molecular weight excluding hydrogens is 354 g/mol. The minimum atomic E-state index is -0.450. The monoisotopic (exact) mass is 381 g/mol. The van der Waals surface area contributed by atoms with Gasteiger partial charge in [-0.15, -0.1) is 0 Å². The van der Waals surface area contributed by atoms with Crippen LogP contribution in [0.1, 0.15) is 17.7 Å². The number of benzene rings is 1. The summed E-state index contributed by atoms with van der Waals surface area (Å²) in [5.41, 5.74) is 2.07. The number of nitrogens with zero attached hydrogens (tertiary/aromatic N) is 3. The number of pyridine rings is 1. The number of carbonyl (C=O) groups is 2. The number of amides is 3. The number of urea groups is 1. The lowest BCUT2D eigenvalue weighted by atomic mass is 10.2. The van der Waals surface area contributed by atoms with Crippen LogP contribution < -0.4 is 10.6 Å². The van der Waals surface area contributed by atoms with E-state index in [1.165, 1.54) is 0 Å². The minimum absolute atomic E-state index is 0.249. The van der Waals surface area contributed by atoms with Crippen molar-refractivity contribution in [1.29, 1.82) is 0 Å². The van der Waals surface area contributed by atoms with Gasteiger partial charge < -0.3 is 10.2 Å². The largest absolute Gasteiger partial charge is 0.334 e. The Morgan fingerprint density at radius 1 is 0.929 bits per heavy atom. The van der Waals surface area contributed by atoms with Crippen LogP contribution in [0, 0.1) is 0 Å². The highest BCUT2D eigenvalue weighted by Gasteiger charge is 2.18. The van der Waals surface area contributed by atoms with Crippen molar-refractivity contribution < 1.29 is 9.59 Å². The maximum absolute atomic E-state index is 12.0. The third-order valence-electron chi connectivity index (χ3n) is 4.78. The zero-order valence-electron chi connectivity index (χ0n) is 16.0. The highest BCUT2D eigenvalue weighted by atomic mass is 16.2. The summed E-state index contributed by atoms with van der Waals surface area (Å²) < 4.78 is 0. The van der Waals surface area contributed by atoms with Gasteiger partial charge in [-0.05, 0) is 17.7 Å². The maximum atomic E-state index is 12.0. The van der Waals surface area contributed by atoms with Crippen molar-refractivity contribution in [1.82, 2.24) is 25.4 Å². The summed E-state index contributed by atoms with van der Waals surface area (Å²) >= 11 is 0. The Morgan fingerprint density at radius 3 is 2.36 bits per heavy atom. The molecule has 1 aromatic carbocycles. The van der Waals surface area contributed by atoms with Crippen molar-refractivity contribution in [2.75, 3.05) is 32.7 Å². The number of hydrogen-bond acceptors (Lipinski definition) is 5. The molecule has 0 bridgehead atoms. The highest BCUT2D eigenvalue weighted by Crippen LogP contribution is 2.07. The van der Waals surface area contributed by atoms with Crippen LogP contribution in [0.2, 0.25) is 0 Å². The summed E-state index contributed by atoms with van der Waals surface area (Å²) in [7, 11) is 0. The van der Waals surface area contributed by atoms with Gasteiger partial charge in [0.1, 0.15) is 0 Å². The summed E-state index contributed by atoms with van der Waals surface area (Å²) in [4.78, 5) is 32.8. The molecule has 1 fully saturated rings. The zero-order chi connectivity index (χ0) is 19.6.